The first-order valence-electron chi connectivity index (χ1n) is 12.6. The number of carbonyl (C=O) groups excluding carboxylic acids is 2. The van der Waals surface area contributed by atoms with E-state index in [0.717, 1.165) is 22.1 Å². The number of likely N-dealkylation sites (N-methyl/N-ethyl adjacent to an activating group) is 1. The van der Waals surface area contributed by atoms with E-state index in [1.54, 1.807) is 16.8 Å². The van der Waals surface area contributed by atoms with Gasteiger partial charge in [0.1, 0.15) is 11.9 Å². The third-order valence-electron chi connectivity index (χ3n) is 7.00. The van der Waals surface area contributed by atoms with E-state index in [9.17, 15) is 14.7 Å². The minimum atomic E-state index is -0.367. The normalized spacial score (nSPS) is 18.3. The second-order valence-corrected chi connectivity index (χ2v) is 10.0. The lowest BCUT2D eigenvalue weighted by atomic mass is 9.99. The molecule has 1 aliphatic rings. The van der Waals surface area contributed by atoms with E-state index < -0.39 is 0 Å². The summed E-state index contributed by atoms with van der Waals surface area (Å²) in [5.41, 5.74) is 2.08. The van der Waals surface area contributed by atoms with Crippen LogP contribution in [0.3, 0.4) is 0 Å². The number of nitrogens with one attached hydrogen (secondary N) is 1. The fourth-order valence-corrected chi connectivity index (χ4v) is 4.60. The number of aliphatic hydroxyl groups excluding tert-OH is 1. The molecule has 0 saturated carbocycles. The third kappa shape index (κ3) is 5.64. The molecule has 1 aliphatic heterocycles. The summed E-state index contributed by atoms with van der Waals surface area (Å²) < 4.78 is 6.41. The standard InChI is InChI=1S/C29H36N4O4/c1-19-16-33(20(2)18-34)28(35)24-15-22(31(3)4)13-14-26(24)37-27(19)17-32(5)29(36)30-25-12-8-10-21-9-6-7-11-23(21)25/h6-15,19-20,27,34H,16-18H2,1-5H3,(H,30,36)/t19-,20-,27+/m0/s1. The van der Waals surface area contributed by atoms with Crippen LogP contribution < -0.4 is 15.0 Å². The molecule has 196 valence electrons. The molecular formula is C29H36N4O4. The van der Waals surface area contributed by atoms with Gasteiger partial charge < -0.3 is 29.9 Å². The molecular weight excluding hydrogens is 468 g/mol. The Labute approximate surface area is 218 Å². The predicted molar refractivity (Wildman–Crippen MR) is 148 cm³/mol. The summed E-state index contributed by atoms with van der Waals surface area (Å²) in [6.07, 6.45) is -0.367. The monoisotopic (exact) mass is 504 g/mol. The van der Waals surface area contributed by atoms with Crippen LogP contribution in [0.1, 0.15) is 24.2 Å². The highest BCUT2D eigenvalue weighted by Crippen LogP contribution is 2.31. The zero-order chi connectivity index (χ0) is 26.7. The number of rotatable bonds is 6. The number of hydrogen-bond acceptors (Lipinski definition) is 5. The molecule has 3 atom stereocenters. The van der Waals surface area contributed by atoms with Gasteiger partial charge in [0.05, 0.1) is 30.4 Å². The molecule has 8 heteroatoms. The van der Waals surface area contributed by atoms with Crippen LogP contribution in [-0.2, 0) is 0 Å². The summed E-state index contributed by atoms with van der Waals surface area (Å²) in [7, 11) is 5.57. The van der Waals surface area contributed by atoms with Gasteiger partial charge in [-0.25, -0.2) is 4.79 Å². The van der Waals surface area contributed by atoms with Gasteiger partial charge >= 0.3 is 6.03 Å². The molecule has 0 aromatic heterocycles. The van der Waals surface area contributed by atoms with Crippen LogP contribution in [0.4, 0.5) is 16.2 Å². The molecule has 0 saturated heterocycles. The van der Waals surface area contributed by atoms with Crippen LogP contribution in [0.25, 0.3) is 10.8 Å². The van der Waals surface area contributed by atoms with Gasteiger partial charge in [-0.1, -0.05) is 43.3 Å². The number of urea groups is 1. The van der Waals surface area contributed by atoms with Crippen molar-refractivity contribution in [1.29, 1.82) is 0 Å². The zero-order valence-electron chi connectivity index (χ0n) is 22.1. The maximum absolute atomic E-state index is 13.5. The number of anilines is 2. The van der Waals surface area contributed by atoms with Crippen molar-refractivity contribution in [3.8, 4) is 5.75 Å². The maximum atomic E-state index is 13.5. The van der Waals surface area contributed by atoms with Gasteiger partial charge in [-0.3, -0.25) is 4.79 Å². The number of carbonyl (C=O) groups is 2. The molecule has 2 N–H and O–H groups in total. The Morgan fingerprint density at radius 1 is 1.14 bits per heavy atom. The van der Waals surface area contributed by atoms with Crippen LogP contribution in [0, 0.1) is 5.92 Å². The molecule has 1 heterocycles. The molecule has 3 aromatic carbocycles. The van der Waals surface area contributed by atoms with E-state index in [2.05, 4.69) is 5.32 Å². The Morgan fingerprint density at radius 3 is 2.59 bits per heavy atom. The van der Waals surface area contributed by atoms with Crippen molar-refractivity contribution in [3.05, 3.63) is 66.2 Å². The van der Waals surface area contributed by atoms with E-state index in [1.165, 1.54) is 0 Å². The highest BCUT2D eigenvalue weighted by atomic mass is 16.5. The summed E-state index contributed by atoms with van der Waals surface area (Å²) in [6.45, 7) is 4.42. The number of benzene rings is 3. The van der Waals surface area contributed by atoms with Gasteiger partial charge in [0.2, 0.25) is 0 Å². The van der Waals surface area contributed by atoms with E-state index in [0.29, 0.717) is 24.4 Å². The number of amides is 3. The summed E-state index contributed by atoms with van der Waals surface area (Å²) in [6, 6.07) is 18.7. The smallest absolute Gasteiger partial charge is 0.321 e. The van der Waals surface area contributed by atoms with Crippen molar-refractivity contribution in [2.75, 3.05) is 51.1 Å². The molecule has 3 aromatic rings. The average Bonchev–Trinajstić information content (AvgIpc) is 2.89. The number of hydrogen-bond donors (Lipinski definition) is 2. The summed E-state index contributed by atoms with van der Waals surface area (Å²) >= 11 is 0. The van der Waals surface area contributed by atoms with E-state index in [-0.39, 0.29) is 36.6 Å². The molecule has 0 bridgehead atoms. The van der Waals surface area contributed by atoms with Crippen LogP contribution in [0.2, 0.25) is 0 Å². The van der Waals surface area contributed by atoms with Gasteiger partial charge in [0, 0.05) is 44.7 Å². The third-order valence-corrected chi connectivity index (χ3v) is 7.00. The number of fused-ring (bicyclic) bond motifs is 2. The molecule has 4 rings (SSSR count). The molecule has 0 radical (unpaired) electrons. The molecule has 3 amide bonds. The van der Waals surface area contributed by atoms with Crippen LogP contribution in [0.15, 0.2) is 60.7 Å². The van der Waals surface area contributed by atoms with Crippen LogP contribution in [-0.4, -0.2) is 79.8 Å². The van der Waals surface area contributed by atoms with Crippen molar-refractivity contribution in [2.45, 2.75) is 26.0 Å². The Bertz CT molecular complexity index is 1270. The Kier molecular flexibility index (Phi) is 7.88. The fraction of sp³-hybridized carbons (Fsp3) is 0.379. The first-order chi connectivity index (χ1) is 17.7. The van der Waals surface area contributed by atoms with Gasteiger partial charge in [-0.05, 0) is 36.6 Å². The van der Waals surface area contributed by atoms with Gasteiger partial charge in [0.25, 0.3) is 5.91 Å². The second-order valence-electron chi connectivity index (χ2n) is 10.0. The zero-order valence-corrected chi connectivity index (χ0v) is 22.1. The van der Waals surface area contributed by atoms with Crippen molar-refractivity contribution >= 4 is 34.1 Å². The number of ether oxygens (including phenoxy) is 1. The highest BCUT2D eigenvalue weighted by Gasteiger charge is 2.34. The highest BCUT2D eigenvalue weighted by molar-refractivity contribution is 6.01. The molecule has 0 fully saturated rings. The van der Waals surface area contributed by atoms with Crippen molar-refractivity contribution in [2.24, 2.45) is 5.92 Å². The Balaban J connectivity index is 1.59. The fourth-order valence-electron chi connectivity index (χ4n) is 4.60. The summed E-state index contributed by atoms with van der Waals surface area (Å²) in [5.74, 6) is 0.213. The number of nitrogens with zero attached hydrogens (tertiary/aromatic N) is 3. The molecule has 37 heavy (non-hydrogen) atoms. The van der Waals surface area contributed by atoms with Gasteiger partial charge in [0.15, 0.2) is 0 Å². The lowest BCUT2D eigenvalue weighted by Crippen LogP contribution is -2.50. The minimum absolute atomic E-state index is 0.0903. The van der Waals surface area contributed by atoms with E-state index in [1.807, 2.05) is 93.5 Å². The van der Waals surface area contributed by atoms with Gasteiger partial charge in [-0.2, -0.15) is 0 Å². The quantitative estimate of drug-likeness (QED) is 0.523. The molecule has 0 aliphatic carbocycles. The van der Waals surface area contributed by atoms with Crippen molar-refractivity contribution in [3.63, 3.8) is 0 Å². The van der Waals surface area contributed by atoms with Crippen LogP contribution in [0.5, 0.6) is 5.75 Å². The van der Waals surface area contributed by atoms with E-state index >= 15 is 0 Å². The topological polar surface area (TPSA) is 85.4 Å². The number of aliphatic hydroxyl groups is 1. The first kappa shape index (κ1) is 26.3. The lowest BCUT2D eigenvalue weighted by molar-refractivity contribution is 0.0371. The van der Waals surface area contributed by atoms with Crippen molar-refractivity contribution < 1.29 is 19.4 Å². The predicted octanol–water partition coefficient (Wildman–Crippen LogP) is 4.29. The molecule has 0 unspecified atom stereocenters. The maximum Gasteiger partial charge on any atom is 0.321 e. The molecule has 0 spiro atoms. The lowest BCUT2D eigenvalue weighted by Gasteiger charge is -2.38. The largest absolute Gasteiger partial charge is 0.487 e. The van der Waals surface area contributed by atoms with E-state index in [4.69, 9.17) is 4.74 Å². The average molecular weight is 505 g/mol. The molecule has 8 nitrogen and oxygen atoms in total. The minimum Gasteiger partial charge on any atom is -0.487 e. The van der Waals surface area contributed by atoms with Gasteiger partial charge in [-0.15, -0.1) is 0 Å². The Morgan fingerprint density at radius 2 is 1.86 bits per heavy atom. The first-order valence-corrected chi connectivity index (χ1v) is 12.6. The second kappa shape index (κ2) is 11.1. The van der Waals surface area contributed by atoms with Crippen molar-refractivity contribution in [1.82, 2.24) is 9.80 Å². The summed E-state index contributed by atoms with van der Waals surface area (Å²) in [4.78, 5) is 31.9. The summed E-state index contributed by atoms with van der Waals surface area (Å²) in [5, 5.41) is 14.9. The SMILES string of the molecule is C[C@H]1CN([C@@H](C)CO)C(=O)c2cc(N(C)C)ccc2O[C@@H]1CN(C)C(=O)Nc1cccc2ccccc12. The van der Waals surface area contributed by atoms with Crippen LogP contribution >= 0.6 is 0 Å². The Hall–Kier alpha value is -3.78.